The second-order valence-electron chi connectivity index (χ2n) is 8.47. The molecule has 0 radical (unpaired) electrons. The number of benzene rings is 2. The van der Waals surface area contributed by atoms with Crippen LogP contribution in [0.25, 0.3) is 11.1 Å². The summed E-state index contributed by atoms with van der Waals surface area (Å²) in [5.41, 5.74) is 5.26. The van der Waals surface area contributed by atoms with Crippen molar-refractivity contribution in [2.24, 2.45) is 5.41 Å². The molecule has 4 rings (SSSR count). The van der Waals surface area contributed by atoms with Gasteiger partial charge in [-0.2, -0.15) is 5.26 Å². The van der Waals surface area contributed by atoms with Crippen LogP contribution in [0.15, 0.2) is 84.0 Å². The zero-order chi connectivity index (χ0) is 21.5. The second kappa shape index (κ2) is 7.24. The fourth-order valence-corrected chi connectivity index (χ4v) is 3.85. The number of hydrogen-bond acceptors (Lipinski definition) is 3. The summed E-state index contributed by atoms with van der Waals surface area (Å²) in [7, 11) is 0. The van der Waals surface area contributed by atoms with E-state index < -0.39 is 0 Å². The van der Waals surface area contributed by atoms with Gasteiger partial charge < -0.3 is 0 Å². The topological polar surface area (TPSA) is 57.9 Å². The highest BCUT2D eigenvalue weighted by Gasteiger charge is 2.30. The van der Waals surface area contributed by atoms with Crippen LogP contribution in [0, 0.1) is 16.7 Å². The van der Waals surface area contributed by atoms with Crippen molar-refractivity contribution in [3.05, 3.63) is 106 Å². The first kappa shape index (κ1) is 19.5. The molecule has 0 saturated heterocycles. The van der Waals surface area contributed by atoms with Crippen molar-refractivity contribution in [1.29, 1.82) is 5.26 Å². The van der Waals surface area contributed by atoms with Gasteiger partial charge in [0, 0.05) is 16.7 Å². The molecule has 0 atom stereocenters. The monoisotopic (exact) mass is 391 g/mol. The van der Waals surface area contributed by atoms with E-state index in [1.807, 2.05) is 81.5 Å². The number of rotatable bonds is 1. The van der Waals surface area contributed by atoms with Gasteiger partial charge in [-0.3, -0.25) is 9.59 Å². The molecule has 2 aliphatic rings. The van der Waals surface area contributed by atoms with Crippen molar-refractivity contribution in [2.45, 2.75) is 20.8 Å². The average Bonchev–Trinajstić information content (AvgIpc) is 2.74. The fraction of sp³-hybridized carbons (Fsp3) is 0.148. The Bertz CT molecular complexity index is 1250. The van der Waals surface area contributed by atoms with E-state index in [4.69, 9.17) is 0 Å². The number of carbonyl (C=O) groups is 2. The number of hydrogen-bond donors (Lipinski definition) is 0. The number of ketones is 2. The molecule has 0 bridgehead atoms. The molecule has 146 valence electrons. The van der Waals surface area contributed by atoms with Gasteiger partial charge in [-0.05, 0) is 39.8 Å². The average molecular weight is 391 g/mol. The van der Waals surface area contributed by atoms with E-state index in [0.717, 1.165) is 27.8 Å². The SMILES string of the molecule is CC(C)(C)C1=CC(=CC=C2C=C(C#N)C(=O)c3ccccc32)c2ccccc2C1=O. The largest absolute Gasteiger partial charge is 0.289 e. The molecule has 2 aromatic carbocycles. The molecule has 0 fully saturated rings. The molecule has 0 aliphatic heterocycles. The molecule has 2 aromatic rings. The molecule has 0 aromatic heterocycles. The van der Waals surface area contributed by atoms with Crippen LogP contribution in [0.2, 0.25) is 0 Å². The Morgan fingerprint density at radius 2 is 1.20 bits per heavy atom. The quantitative estimate of drug-likeness (QED) is 0.602. The van der Waals surface area contributed by atoms with Crippen molar-refractivity contribution >= 4 is 22.7 Å². The van der Waals surface area contributed by atoms with Gasteiger partial charge in [0.15, 0.2) is 5.78 Å². The Labute approximate surface area is 176 Å². The van der Waals surface area contributed by atoms with E-state index in [9.17, 15) is 14.9 Å². The Morgan fingerprint density at radius 1 is 0.733 bits per heavy atom. The molecule has 0 saturated carbocycles. The van der Waals surface area contributed by atoms with Crippen LogP contribution < -0.4 is 0 Å². The van der Waals surface area contributed by atoms with Crippen LogP contribution in [0.3, 0.4) is 0 Å². The van der Waals surface area contributed by atoms with E-state index in [1.165, 1.54) is 0 Å². The van der Waals surface area contributed by atoms with Gasteiger partial charge >= 0.3 is 0 Å². The van der Waals surface area contributed by atoms with Crippen LogP contribution in [0.4, 0.5) is 0 Å². The molecule has 0 heterocycles. The van der Waals surface area contributed by atoms with Crippen LogP contribution in [-0.2, 0) is 0 Å². The fourth-order valence-electron chi connectivity index (χ4n) is 3.85. The zero-order valence-electron chi connectivity index (χ0n) is 17.2. The summed E-state index contributed by atoms with van der Waals surface area (Å²) in [5.74, 6) is -0.190. The standard InChI is InChI=1S/C27H21NO2/c1-27(2,3)24-15-18(21-9-5-7-11-23(21)26(24)30)13-12-17-14-19(16-28)25(29)22-10-6-4-8-20(17)22/h4-15H,1-3H3. The summed E-state index contributed by atoms with van der Waals surface area (Å²) in [6.45, 7) is 6.10. The number of carbonyl (C=O) groups excluding carboxylic acids is 2. The molecule has 3 nitrogen and oxygen atoms in total. The third kappa shape index (κ3) is 3.27. The molecule has 0 N–H and O–H groups in total. The molecule has 0 amide bonds. The summed E-state index contributed by atoms with van der Waals surface area (Å²) in [6.07, 6.45) is 7.47. The summed E-state index contributed by atoms with van der Waals surface area (Å²) in [5, 5.41) is 9.38. The predicted octanol–water partition coefficient (Wildman–Crippen LogP) is 5.97. The summed E-state index contributed by atoms with van der Waals surface area (Å²) in [6, 6.07) is 16.9. The molecular formula is C27H21NO2. The summed E-state index contributed by atoms with van der Waals surface area (Å²) >= 11 is 0. The highest BCUT2D eigenvalue weighted by molar-refractivity contribution is 6.19. The number of nitrogens with zero attached hydrogens (tertiary/aromatic N) is 1. The van der Waals surface area contributed by atoms with Gasteiger partial charge in [0.2, 0.25) is 5.78 Å². The minimum absolute atomic E-state index is 0.0585. The molecule has 3 heteroatoms. The van der Waals surface area contributed by atoms with E-state index in [2.05, 4.69) is 0 Å². The van der Waals surface area contributed by atoms with Gasteiger partial charge in [-0.25, -0.2) is 0 Å². The van der Waals surface area contributed by atoms with Gasteiger partial charge in [-0.1, -0.05) is 81.5 Å². The first-order valence-corrected chi connectivity index (χ1v) is 9.85. The smallest absolute Gasteiger partial charge is 0.204 e. The Balaban J connectivity index is 1.90. The molecular weight excluding hydrogens is 370 g/mol. The predicted molar refractivity (Wildman–Crippen MR) is 119 cm³/mol. The third-order valence-electron chi connectivity index (χ3n) is 5.43. The lowest BCUT2D eigenvalue weighted by atomic mass is 9.75. The maximum atomic E-state index is 13.0. The first-order valence-electron chi connectivity index (χ1n) is 9.85. The van der Waals surface area contributed by atoms with E-state index in [-0.39, 0.29) is 22.6 Å². The van der Waals surface area contributed by atoms with Crippen LogP contribution >= 0.6 is 0 Å². The minimum atomic E-state index is -0.283. The lowest BCUT2D eigenvalue weighted by Gasteiger charge is -2.27. The Morgan fingerprint density at radius 3 is 1.70 bits per heavy atom. The van der Waals surface area contributed by atoms with E-state index in [0.29, 0.717) is 11.1 Å². The van der Waals surface area contributed by atoms with Crippen molar-refractivity contribution in [3.8, 4) is 6.07 Å². The third-order valence-corrected chi connectivity index (χ3v) is 5.43. The van der Waals surface area contributed by atoms with E-state index >= 15 is 0 Å². The summed E-state index contributed by atoms with van der Waals surface area (Å²) in [4.78, 5) is 25.5. The van der Waals surface area contributed by atoms with Crippen molar-refractivity contribution in [3.63, 3.8) is 0 Å². The van der Waals surface area contributed by atoms with Gasteiger partial charge in [0.1, 0.15) is 11.6 Å². The maximum Gasteiger partial charge on any atom is 0.204 e. The highest BCUT2D eigenvalue weighted by Crippen LogP contribution is 2.38. The number of Topliss-reactive ketones (excluding diaryl/α,β-unsaturated/α-hetero) is 2. The van der Waals surface area contributed by atoms with Crippen LogP contribution in [0.1, 0.15) is 52.6 Å². The van der Waals surface area contributed by atoms with Crippen molar-refractivity contribution in [2.75, 3.05) is 0 Å². The molecule has 2 aliphatic carbocycles. The van der Waals surface area contributed by atoms with Crippen LogP contribution in [-0.4, -0.2) is 11.6 Å². The maximum absolute atomic E-state index is 13.0. The Kier molecular flexibility index (Phi) is 4.72. The van der Waals surface area contributed by atoms with E-state index in [1.54, 1.807) is 18.2 Å². The molecule has 0 unspecified atom stereocenters. The normalized spacial score (nSPS) is 18.5. The number of fused-ring (bicyclic) bond motifs is 2. The molecule has 0 spiro atoms. The van der Waals surface area contributed by atoms with Gasteiger partial charge in [0.05, 0.1) is 0 Å². The second-order valence-corrected chi connectivity index (χ2v) is 8.47. The number of allylic oxidation sites excluding steroid dienone is 8. The Hall–Kier alpha value is -3.77. The summed E-state index contributed by atoms with van der Waals surface area (Å²) < 4.78 is 0. The highest BCUT2D eigenvalue weighted by atomic mass is 16.1. The minimum Gasteiger partial charge on any atom is -0.289 e. The lowest BCUT2D eigenvalue weighted by Crippen LogP contribution is -2.22. The van der Waals surface area contributed by atoms with Crippen molar-refractivity contribution in [1.82, 2.24) is 0 Å². The van der Waals surface area contributed by atoms with Crippen LogP contribution in [0.5, 0.6) is 0 Å². The van der Waals surface area contributed by atoms with Gasteiger partial charge in [-0.15, -0.1) is 0 Å². The number of nitriles is 1. The lowest BCUT2D eigenvalue weighted by molar-refractivity contribution is 0.101. The molecule has 30 heavy (non-hydrogen) atoms. The van der Waals surface area contributed by atoms with Crippen molar-refractivity contribution < 1.29 is 9.59 Å². The zero-order valence-corrected chi connectivity index (χ0v) is 17.2. The first-order chi connectivity index (χ1) is 14.3. The van der Waals surface area contributed by atoms with Gasteiger partial charge in [0.25, 0.3) is 0 Å².